The molecule has 1 aliphatic heterocycles. The van der Waals surface area contributed by atoms with Gasteiger partial charge in [-0.3, -0.25) is 4.79 Å². The highest BCUT2D eigenvalue weighted by Crippen LogP contribution is 2.41. The number of rotatable bonds is 4. The number of aromatic nitrogens is 3. The number of hydrogen-bond acceptors (Lipinski definition) is 4. The normalized spacial score (nSPS) is 22.5. The number of nitrogens with one attached hydrogen (secondary N) is 1. The van der Waals surface area contributed by atoms with Gasteiger partial charge in [-0.25, -0.2) is 4.79 Å². The Labute approximate surface area is 150 Å². The van der Waals surface area contributed by atoms with Crippen LogP contribution < -0.4 is 0 Å². The summed E-state index contributed by atoms with van der Waals surface area (Å²) in [7, 11) is 0. The minimum atomic E-state index is -1.16. The lowest BCUT2D eigenvalue weighted by atomic mass is 9.81. The molecule has 2 aliphatic rings. The molecule has 1 unspecified atom stereocenters. The average Bonchev–Trinajstić information content (AvgIpc) is 3.32. The van der Waals surface area contributed by atoms with Crippen molar-refractivity contribution in [2.24, 2.45) is 0 Å². The predicted molar refractivity (Wildman–Crippen MR) is 94.1 cm³/mol. The van der Waals surface area contributed by atoms with Gasteiger partial charge in [0.05, 0.1) is 0 Å². The third kappa shape index (κ3) is 2.52. The van der Waals surface area contributed by atoms with Crippen molar-refractivity contribution in [1.29, 1.82) is 0 Å². The van der Waals surface area contributed by atoms with Gasteiger partial charge in [0.2, 0.25) is 5.91 Å². The van der Waals surface area contributed by atoms with E-state index in [0.29, 0.717) is 19.4 Å². The number of aromatic amines is 1. The second-order valence-corrected chi connectivity index (χ2v) is 6.46. The molecule has 0 radical (unpaired) electrons. The molecular formula is C19H18N4O3. The van der Waals surface area contributed by atoms with E-state index in [0.717, 1.165) is 17.6 Å². The summed E-state index contributed by atoms with van der Waals surface area (Å²) in [6, 6.07) is 9.93. The molecule has 1 aliphatic carbocycles. The molecule has 1 amide bonds. The summed E-state index contributed by atoms with van der Waals surface area (Å²) in [5.74, 6) is -1.16. The number of carbonyl (C=O) groups excluding carboxylic acids is 1. The van der Waals surface area contributed by atoms with E-state index in [9.17, 15) is 14.7 Å². The topological polar surface area (TPSA) is 99.2 Å². The van der Waals surface area contributed by atoms with Crippen LogP contribution in [0.15, 0.2) is 48.6 Å². The fourth-order valence-corrected chi connectivity index (χ4v) is 3.73. The standard InChI is InChI=1S/C19H18N4O3/c24-15-7-4-12-23(15)19(17-16(18(25)26)20-22-21-17)10-8-14(9-11-19)13-5-2-1-3-6-13/h1-3,5-6,8-10H,4,7,11-12H2,(H,25,26)(H,20,21,22). The average molecular weight is 350 g/mol. The van der Waals surface area contributed by atoms with Crippen LogP contribution in [0.2, 0.25) is 0 Å². The van der Waals surface area contributed by atoms with Crippen LogP contribution in [-0.4, -0.2) is 43.8 Å². The zero-order valence-electron chi connectivity index (χ0n) is 14.1. The van der Waals surface area contributed by atoms with Crippen molar-refractivity contribution >= 4 is 17.4 Å². The number of H-pyrrole nitrogens is 1. The first-order valence-corrected chi connectivity index (χ1v) is 8.52. The van der Waals surface area contributed by atoms with E-state index in [-0.39, 0.29) is 17.3 Å². The van der Waals surface area contributed by atoms with Gasteiger partial charge in [-0.2, -0.15) is 10.3 Å². The van der Waals surface area contributed by atoms with Gasteiger partial charge < -0.3 is 10.0 Å². The SMILES string of the molecule is O=C(O)c1n[nH]nc1C1(N2CCCC2=O)C=CC(c2ccccc2)=CC1. The number of likely N-dealkylation sites (tertiary alicyclic amines) is 1. The maximum Gasteiger partial charge on any atom is 0.358 e. The predicted octanol–water partition coefficient (Wildman–Crippen LogP) is 2.36. The fourth-order valence-electron chi connectivity index (χ4n) is 3.73. The monoisotopic (exact) mass is 350 g/mol. The van der Waals surface area contributed by atoms with Crippen LogP contribution >= 0.6 is 0 Å². The number of aromatic carboxylic acids is 1. The Morgan fingerprint density at radius 2 is 2.04 bits per heavy atom. The molecule has 0 bridgehead atoms. The van der Waals surface area contributed by atoms with Gasteiger partial charge in [-0.05, 0) is 24.0 Å². The lowest BCUT2D eigenvalue weighted by Gasteiger charge is -2.39. The molecule has 7 nitrogen and oxygen atoms in total. The van der Waals surface area contributed by atoms with Crippen LogP contribution in [0, 0.1) is 0 Å². The van der Waals surface area contributed by atoms with Crippen LogP contribution in [0.4, 0.5) is 0 Å². The van der Waals surface area contributed by atoms with Gasteiger partial charge in [0.25, 0.3) is 0 Å². The van der Waals surface area contributed by atoms with Crippen molar-refractivity contribution < 1.29 is 14.7 Å². The lowest BCUT2D eigenvalue weighted by Crippen LogP contribution is -2.47. The fraction of sp³-hybridized carbons (Fsp3) is 0.263. The Hall–Kier alpha value is -3.22. The van der Waals surface area contributed by atoms with E-state index in [1.165, 1.54) is 0 Å². The van der Waals surface area contributed by atoms with Crippen LogP contribution in [0.5, 0.6) is 0 Å². The molecule has 132 valence electrons. The number of benzene rings is 1. The molecule has 0 saturated carbocycles. The maximum atomic E-state index is 12.5. The number of carboxylic acid groups (broad SMARTS) is 1. The van der Waals surface area contributed by atoms with Crippen molar-refractivity contribution in [2.75, 3.05) is 6.54 Å². The largest absolute Gasteiger partial charge is 0.476 e. The Balaban J connectivity index is 1.78. The molecule has 4 rings (SSSR count). The van der Waals surface area contributed by atoms with Crippen LogP contribution in [0.1, 0.15) is 41.0 Å². The van der Waals surface area contributed by atoms with Gasteiger partial charge in [0, 0.05) is 13.0 Å². The highest BCUT2D eigenvalue weighted by Gasteiger charge is 2.46. The second kappa shape index (κ2) is 6.25. The minimum Gasteiger partial charge on any atom is -0.476 e. The van der Waals surface area contributed by atoms with Gasteiger partial charge in [-0.15, -0.1) is 5.10 Å². The van der Waals surface area contributed by atoms with E-state index < -0.39 is 11.5 Å². The molecule has 0 spiro atoms. The summed E-state index contributed by atoms with van der Waals surface area (Å²) < 4.78 is 0. The molecular weight excluding hydrogens is 332 g/mol. The smallest absolute Gasteiger partial charge is 0.358 e. The summed E-state index contributed by atoms with van der Waals surface area (Å²) in [4.78, 5) is 25.8. The summed E-state index contributed by atoms with van der Waals surface area (Å²) in [6.45, 7) is 0.573. The number of hydrogen-bond donors (Lipinski definition) is 2. The molecule has 2 N–H and O–H groups in total. The van der Waals surface area contributed by atoms with Gasteiger partial charge in [-0.1, -0.05) is 48.6 Å². The first kappa shape index (κ1) is 16.3. The second-order valence-electron chi connectivity index (χ2n) is 6.46. The van der Waals surface area contributed by atoms with Crippen molar-refractivity contribution in [1.82, 2.24) is 20.3 Å². The van der Waals surface area contributed by atoms with Crippen LogP contribution in [0.25, 0.3) is 5.57 Å². The van der Waals surface area contributed by atoms with Crippen molar-refractivity contribution in [3.8, 4) is 0 Å². The lowest BCUT2D eigenvalue weighted by molar-refractivity contribution is -0.132. The minimum absolute atomic E-state index is 0.00514. The molecule has 2 aromatic rings. The Morgan fingerprint density at radius 1 is 1.23 bits per heavy atom. The third-order valence-corrected chi connectivity index (χ3v) is 4.99. The summed E-state index contributed by atoms with van der Waals surface area (Å²) in [6.07, 6.45) is 7.52. The quantitative estimate of drug-likeness (QED) is 0.882. The van der Waals surface area contributed by atoms with Crippen molar-refractivity contribution in [3.63, 3.8) is 0 Å². The highest BCUT2D eigenvalue weighted by molar-refractivity contribution is 5.88. The zero-order valence-corrected chi connectivity index (χ0v) is 14.1. The molecule has 1 atom stereocenters. The summed E-state index contributed by atoms with van der Waals surface area (Å²) >= 11 is 0. The van der Waals surface area contributed by atoms with E-state index >= 15 is 0 Å². The molecule has 1 saturated heterocycles. The third-order valence-electron chi connectivity index (χ3n) is 4.99. The Kier molecular flexibility index (Phi) is 3.91. The van der Waals surface area contributed by atoms with Crippen molar-refractivity contribution in [2.45, 2.75) is 24.8 Å². The molecule has 1 aromatic heterocycles. The zero-order chi connectivity index (χ0) is 18.1. The molecule has 2 heterocycles. The molecule has 7 heteroatoms. The molecule has 1 fully saturated rings. The number of nitrogens with zero attached hydrogens (tertiary/aromatic N) is 3. The molecule has 1 aromatic carbocycles. The number of allylic oxidation sites excluding steroid dienone is 2. The van der Waals surface area contributed by atoms with E-state index in [1.807, 2.05) is 48.6 Å². The van der Waals surface area contributed by atoms with Gasteiger partial charge in [0.1, 0.15) is 11.2 Å². The number of amides is 1. The van der Waals surface area contributed by atoms with Crippen LogP contribution in [-0.2, 0) is 10.3 Å². The highest BCUT2D eigenvalue weighted by atomic mass is 16.4. The van der Waals surface area contributed by atoms with E-state index in [4.69, 9.17) is 0 Å². The van der Waals surface area contributed by atoms with Gasteiger partial charge >= 0.3 is 5.97 Å². The summed E-state index contributed by atoms with van der Waals surface area (Å²) in [5, 5.41) is 19.8. The molecule has 26 heavy (non-hydrogen) atoms. The van der Waals surface area contributed by atoms with Crippen molar-refractivity contribution in [3.05, 3.63) is 65.5 Å². The Bertz CT molecular complexity index is 916. The Morgan fingerprint density at radius 3 is 2.65 bits per heavy atom. The first-order valence-electron chi connectivity index (χ1n) is 8.52. The van der Waals surface area contributed by atoms with E-state index in [1.54, 1.807) is 4.90 Å². The summed E-state index contributed by atoms with van der Waals surface area (Å²) in [5.41, 5.74) is 1.31. The number of carbonyl (C=O) groups is 2. The van der Waals surface area contributed by atoms with Gasteiger partial charge in [0.15, 0.2) is 5.69 Å². The van der Waals surface area contributed by atoms with E-state index in [2.05, 4.69) is 15.4 Å². The first-order chi connectivity index (χ1) is 12.6. The van der Waals surface area contributed by atoms with Crippen LogP contribution in [0.3, 0.4) is 0 Å². The number of carboxylic acids is 1. The maximum absolute atomic E-state index is 12.5.